The molecule has 22 aromatic rings. The molecule has 0 spiro atoms. The topological polar surface area (TPSA) is 47.9 Å². The molecule has 0 fully saturated rings. The lowest BCUT2D eigenvalue weighted by molar-refractivity contribution is -0.137. The molecule has 4 aromatic heterocycles. The van der Waals surface area contributed by atoms with E-state index in [1.165, 1.54) is 145 Å². The zero-order valence-corrected chi connectivity index (χ0v) is 82.2. The third-order valence-electron chi connectivity index (χ3n) is 28.9. The Bertz CT molecular complexity index is 8750. The SMILES string of the molecule is Cc1cc(C)c(-c2ccc3c(c2)c2ccccc2n3-c2ccc(C)cc2-c2cccc(C#N)c2-n2c3ccccc3c3cc(-c4c(C)cc(C)cc4C)ccc32)c(C)c1.[C-]#[N+]c1cccc(-c2cc(C(F)(F)F)ccc2-n2c3ccc(-c4c(C)cc(C)cc4C)cc3c3cc(-c4c(C)cc(C)cc4C)ccc32)c1-n1c2ccc(-c3c(C)cc(C)cc3C)cc2c2cc(-c3c(C)cc(C)cc3C)ccc21. The highest BCUT2D eigenvalue weighted by molar-refractivity contribution is 6.17. The van der Waals surface area contributed by atoms with Crippen molar-refractivity contribution in [2.24, 2.45) is 0 Å². The minimum atomic E-state index is -4.67. The molecular weight excluding hydrogens is 1700 g/mol. The highest BCUT2D eigenvalue weighted by Gasteiger charge is 2.34. The van der Waals surface area contributed by atoms with Crippen LogP contribution in [0.15, 0.2) is 303 Å². The summed E-state index contributed by atoms with van der Waals surface area (Å²) < 4.78 is 55.3. The minimum absolute atomic E-state index is 0.317. The maximum Gasteiger partial charge on any atom is 0.416 e. The Hall–Kier alpha value is -16.1. The number of halogens is 3. The number of nitrogens with zero attached hydrogens (tertiary/aromatic N) is 6. The number of aromatic nitrogens is 4. The van der Waals surface area contributed by atoms with Crippen molar-refractivity contribution in [1.82, 2.24) is 18.3 Å². The predicted molar refractivity (Wildman–Crippen MR) is 580 cm³/mol. The van der Waals surface area contributed by atoms with Crippen LogP contribution in [0, 0.1) is 149 Å². The van der Waals surface area contributed by atoms with E-state index in [2.05, 4.69) is 416 Å². The fraction of sp³-hybridized carbons (Fsp3) is 0.154. The van der Waals surface area contributed by atoms with E-state index in [0.29, 0.717) is 33.8 Å². The third-order valence-corrected chi connectivity index (χ3v) is 28.9. The molecular formula is C130H107F3N6. The van der Waals surface area contributed by atoms with Crippen LogP contribution in [-0.2, 0) is 6.18 Å². The van der Waals surface area contributed by atoms with E-state index >= 15 is 13.2 Å². The Morgan fingerprint density at radius 2 is 0.504 bits per heavy atom. The summed E-state index contributed by atoms with van der Waals surface area (Å²) in [5.74, 6) is 0. The van der Waals surface area contributed by atoms with Gasteiger partial charge in [0.2, 0.25) is 5.69 Å². The van der Waals surface area contributed by atoms with Crippen LogP contribution in [0.2, 0.25) is 0 Å². The van der Waals surface area contributed by atoms with Gasteiger partial charge in [0.25, 0.3) is 0 Å². The summed E-state index contributed by atoms with van der Waals surface area (Å²) in [6.07, 6.45) is -4.67. The number of benzene rings is 18. The fourth-order valence-corrected chi connectivity index (χ4v) is 24.1. The fourth-order valence-electron chi connectivity index (χ4n) is 24.1. The number of para-hydroxylation sites is 4. The molecule has 139 heavy (non-hydrogen) atoms. The molecule has 6 nitrogen and oxygen atoms in total. The number of nitriles is 1. The predicted octanol–water partition coefficient (Wildman–Crippen LogP) is 36.4. The first-order valence-corrected chi connectivity index (χ1v) is 47.9. The Morgan fingerprint density at radius 1 is 0.237 bits per heavy atom. The third kappa shape index (κ3) is 15.2. The number of hydrogen-bond acceptors (Lipinski definition) is 1. The van der Waals surface area contributed by atoms with Crippen LogP contribution in [0.3, 0.4) is 0 Å². The molecule has 0 atom stereocenters. The summed E-state index contributed by atoms with van der Waals surface area (Å²) in [4.78, 5) is 4.20. The van der Waals surface area contributed by atoms with E-state index < -0.39 is 11.7 Å². The van der Waals surface area contributed by atoms with Gasteiger partial charge in [0.1, 0.15) is 6.07 Å². The molecule has 0 radical (unpaired) electrons. The smallest absolute Gasteiger partial charge is 0.318 e. The monoisotopic (exact) mass is 1810 g/mol. The lowest BCUT2D eigenvalue weighted by Crippen LogP contribution is -2.08. The molecule has 0 saturated heterocycles. The van der Waals surface area contributed by atoms with Crippen molar-refractivity contribution in [3.63, 3.8) is 0 Å². The van der Waals surface area contributed by atoms with E-state index in [0.717, 1.165) is 149 Å². The molecule has 678 valence electrons. The molecule has 0 bridgehead atoms. The van der Waals surface area contributed by atoms with E-state index in [9.17, 15) is 5.26 Å². The highest BCUT2D eigenvalue weighted by atomic mass is 19.4. The molecule has 0 amide bonds. The lowest BCUT2D eigenvalue weighted by atomic mass is 9.91. The van der Waals surface area contributed by atoms with Gasteiger partial charge in [0.15, 0.2) is 0 Å². The van der Waals surface area contributed by atoms with Gasteiger partial charge in [-0.2, -0.15) is 18.4 Å². The number of rotatable bonds is 12. The molecule has 0 unspecified atom stereocenters. The number of aryl methyl sites for hydroxylation is 19. The van der Waals surface area contributed by atoms with Crippen molar-refractivity contribution < 1.29 is 13.2 Å². The van der Waals surface area contributed by atoms with Crippen LogP contribution >= 0.6 is 0 Å². The van der Waals surface area contributed by atoms with Crippen LogP contribution in [-0.4, -0.2) is 18.3 Å². The molecule has 0 aliphatic carbocycles. The van der Waals surface area contributed by atoms with E-state index in [1.807, 2.05) is 18.2 Å². The second-order valence-corrected chi connectivity index (χ2v) is 39.3. The largest absolute Gasteiger partial charge is 0.416 e. The average molecular weight is 1810 g/mol. The summed E-state index contributed by atoms with van der Waals surface area (Å²) in [5.41, 5.74) is 50.9. The van der Waals surface area contributed by atoms with Crippen LogP contribution < -0.4 is 0 Å². The second-order valence-electron chi connectivity index (χ2n) is 39.3. The van der Waals surface area contributed by atoms with Crippen molar-refractivity contribution in [2.45, 2.75) is 138 Å². The van der Waals surface area contributed by atoms with E-state index in [4.69, 9.17) is 6.57 Å². The summed E-state index contributed by atoms with van der Waals surface area (Å²) >= 11 is 0. The lowest BCUT2D eigenvalue weighted by Gasteiger charge is -2.21. The second kappa shape index (κ2) is 34.3. The van der Waals surface area contributed by atoms with Crippen molar-refractivity contribution in [1.29, 1.82) is 5.26 Å². The zero-order valence-electron chi connectivity index (χ0n) is 82.2. The molecule has 0 aliphatic rings. The average Bonchev–Trinajstić information content (AvgIpc) is 1.58. The Kier molecular flexibility index (Phi) is 22.1. The zero-order chi connectivity index (χ0) is 97.1. The van der Waals surface area contributed by atoms with Crippen molar-refractivity contribution >= 4 is 92.9 Å². The number of alkyl halides is 3. The number of fused-ring (bicyclic) bond motifs is 12. The van der Waals surface area contributed by atoms with Crippen LogP contribution in [0.25, 0.3) is 204 Å². The molecule has 0 N–H and O–H groups in total. The van der Waals surface area contributed by atoms with Gasteiger partial charge in [0, 0.05) is 59.8 Å². The Labute approximate surface area is 811 Å². The highest BCUT2D eigenvalue weighted by Crippen LogP contribution is 2.52. The minimum Gasteiger partial charge on any atom is -0.318 e. The number of hydrogen-bond donors (Lipinski definition) is 0. The summed E-state index contributed by atoms with van der Waals surface area (Å²) in [6, 6.07) is 109. The molecule has 0 aliphatic heterocycles. The maximum atomic E-state index is 15.4. The first-order chi connectivity index (χ1) is 66.8. The van der Waals surface area contributed by atoms with Crippen molar-refractivity contribution in [2.75, 3.05) is 0 Å². The van der Waals surface area contributed by atoms with Gasteiger partial charge in [0.05, 0.1) is 84.6 Å². The van der Waals surface area contributed by atoms with Gasteiger partial charge in [-0.05, 0) is 392 Å². The van der Waals surface area contributed by atoms with E-state index in [1.54, 1.807) is 18.2 Å². The van der Waals surface area contributed by atoms with Gasteiger partial charge < -0.3 is 18.3 Å². The molecule has 9 heteroatoms. The molecule has 22 rings (SSSR count). The first-order valence-electron chi connectivity index (χ1n) is 47.9. The van der Waals surface area contributed by atoms with Crippen LogP contribution in [0.4, 0.5) is 18.9 Å². The normalized spacial score (nSPS) is 11.8. The van der Waals surface area contributed by atoms with E-state index in [-0.39, 0.29) is 0 Å². The Morgan fingerprint density at radius 3 is 0.820 bits per heavy atom. The van der Waals surface area contributed by atoms with Gasteiger partial charge in [-0.25, -0.2) is 4.85 Å². The van der Waals surface area contributed by atoms with Gasteiger partial charge in [-0.3, -0.25) is 0 Å². The van der Waals surface area contributed by atoms with Gasteiger partial charge >= 0.3 is 6.18 Å². The van der Waals surface area contributed by atoms with Gasteiger partial charge in [-0.1, -0.05) is 221 Å². The summed E-state index contributed by atoms with van der Waals surface area (Å²) in [5, 5.41) is 19.6. The maximum absolute atomic E-state index is 15.4. The Balaban J connectivity index is 0.000000173. The molecule has 4 heterocycles. The van der Waals surface area contributed by atoms with Crippen LogP contribution in [0.5, 0.6) is 0 Å². The van der Waals surface area contributed by atoms with Crippen LogP contribution in [0.1, 0.15) is 117 Å². The van der Waals surface area contributed by atoms with Crippen molar-refractivity contribution in [3.05, 3.63) is 432 Å². The summed E-state index contributed by atoms with van der Waals surface area (Å²) in [7, 11) is 0. The standard InChI is InChI=1S/C74H62F3N3.C56H45N3/c1-40-27-44(5)69(45(6)28-40)52-17-22-64-58(35-52)59-36-53(70-46(7)29-41(2)30-47(70)8)18-23-65(59)79(64)66-26-21-56(74(75,76)77)39-62(66)57-15-14-16-63(78-13)73(57)80-67-24-19-54(71-48(9)31-42(3)32-49(71)10)37-60(67)61-38-55(20-25-68(61)80)72-50(11)33-43(4)34-51(72)12;1-33-19-22-51(58-49-17-10-8-14-43(49)47-30-40(20-23-52(47)58)54-36(4)25-34(2)26-37(54)5)46(29-33)45-16-12-13-42(32-57)56(45)59-50-18-11-9-15-44(50)48-31-41(21-24-53(48)59)55-38(6)27-35(3)28-39(55)7/h14-39H,1-12H3;8-31H,1-7H3. The molecule has 18 aromatic carbocycles. The molecule has 0 saturated carbocycles. The first kappa shape index (κ1) is 89.5. The van der Waals surface area contributed by atoms with Crippen molar-refractivity contribution in [3.8, 4) is 118 Å². The quantitative estimate of drug-likeness (QED) is 0.112. The summed E-state index contributed by atoms with van der Waals surface area (Å²) in [6.45, 7) is 49.9. The van der Waals surface area contributed by atoms with Gasteiger partial charge in [-0.15, -0.1) is 0 Å².